The molecule has 0 saturated heterocycles. The van der Waals surface area contributed by atoms with E-state index in [0.29, 0.717) is 0 Å². The van der Waals surface area contributed by atoms with Gasteiger partial charge in [0.2, 0.25) is 0 Å². The lowest BCUT2D eigenvalue weighted by Crippen LogP contribution is -1.40. The molecule has 0 aliphatic carbocycles. The largest absolute Gasteiger partial charge is 0.121 e. The average Bonchev–Trinajstić information content (AvgIpc) is 1.75. The Hall–Kier alpha value is 0.437. The fraction of sp³-hybridized carbons (Fsp3) is 0. The summed E-state index contributed by atoms with van der Waals surface area (Å²) >= 11 is 3.26. The lowest BCUT2D eigenvalue weighted by Gasteiger charge is -1.42. The quantitative estimate of drug-likeness (QED) is 0.430. The number of rotatable bonds is 0. The summed E-state index contributed by atoms with van der Waals surface area (Å²) < 4.78 is 1.38. The Labute approximate surface area is 35.9 Å². The maximum absolute atomic E-state index is 3.26. The van der Waals surface area contributed by atoms with E-state index in [-0.39, 0.29) is 0 Å². The van der Waals surface area contributed by atoms with Crippen LogP contribution in [0.3, 0.4) is 0 Å². The van der Waals surface area contributed by atoms with Gasteiger partial charge in [0.1, 0.15) is 9.52 Å². The zero-order valence-corrected chi connectivity index (χ0v) is 4.54. The van der Waals surface area contributed by atoms with Crippen molar-refractivity contribution >= 4 is 25.4 Å². The van der Waals surface area contributed by atoms with Gasteiger partial charge in [0, 0.05) is 0 Å². The second-order valence-electron chi connectivity index (χ2n) is 0.637. The van der Waals surface area contributed by atoms with E-state index in [1.165, 1.54) is 4.11 Å². The summed E-state index contributed by atoms with van der Waals surface area (Å²) in [7, 11) is 1.02. The normalized spacial score (nSPS) is 19.8. The van der Waals surface area contributed by atoms with Crippen molar-refractivity contribution in [2.24, 2.45) is 0 Å². The number of hydrogen-bond acceptors (Lipinski definition) is 0. The molecule has 1 aliphatic heterocycles. The molecule has 1 rings (SSSR count). The summed E-state index contributed by atoms with van der Waals surface area (Å²) in [4.78, 5) is 0. The molecular weight excluding hydrogens is 132 g/mol. The van der Waals surface area contributed by atoms with E-state index < -0.39 is 0 Å². The molecule has 0 aromatic rings. The SMILES string of the molecule is BrC1=C[Si]1. The van der Waals surface area contributed by atoms with Gasteiger partial charge in [-0.3, -0.25) is 0 Å². The van der Waals surface area contributed by atoms with E-state index in [0.717, 1.165) is 9.52 Å². The second kappa shape index (κ2) is 0.690. The van der Waals surface area contributed by atoms with Crippen molar-refractivity contribution in [1.29, 1.82) is 0 Å². The molecule has 20 valence electrons. The predicted molar refractivity (Wildman–Crippen MR) is 22.8 cm³/mol. The molecule has 0 fully saturated rings. The molecule has 1 aliphatic rings. The molecule has 0 aromatic heterocycles. The van der Waals surface area contributed by atoms with Crippen molar-refractivity contribution in [3.05, 3.63) is 9.80 Å². The van der Waals surface area contributed by atoms with Crippen LogP contribution in [-0.4, -0.2) is 9.52 Å². The van der Waals surface area contributed by atoms with E-state index in [1.807, 2.05) is 0 Å². The van der Waals surface area contributed by atoms with Gasteiger partial charge in [-0.25, -0.2) is 0 Å². The Kier molecular flexibility index (Phi) is 0.460. The van der Waals surface area contributed by atoms with Crippen molar-refractivity contribution in [1.82, 2.24) is 0 Å². The monoisotopic (exact) mass is 132 g/mol. The molecule has 0 spiro atoms. The first-order valence-corrected chi connectivity index (χ1v) is 2.89. The second-order valence-corrected chi connectivity index (χ2v) is 3.34. The van der Waals surface area contributed by atoms with Crippen molar-refractivity contribution in [2.45, 2.75) is 0 Å². The zero-order valence-electron chi connectivity index (χ0n) is 1.96. The summed E-state index contributed by atoms with van der Waals surface area (Å²) in [5.74, 6) is 0. The van der Waals surface area contributed by atoms with Gasteiger partial charge in [0.15, 0.2) is 0 Å². The van der Waals surface area contributed by atoms with Crippen molar-refractivity contribution in [3.63, 3.8) is 0 Å². The zero-order chi connectivity index (χ0) is 2.99. The minimum Gasteiger partial charge on any atom is -0.0869 e. The fourth-order valence-corrected chi connectivity index (χ4v) is 0.425. The first-order chi connectivity index (χ1) is 1.89. The minimum absolute atomic E-state index is 1.02. The maximum Gasteiger partial charge on any atom is 0.121 e. The third kappa shape index (κ3) is 0.426. The molecule has 0 nitrogen and oxygen atoms in total. The van der Waals surface area contributed by atoms with Gasteiger partial charge in [-0.1, -0.05) is 21.6 Å². The molecule has 0 N–H and O–H groups in total. The summed E-state index contributed by atoms with van der Waals surface area (Å²) in [6, 6.07) is 0. The number of hydrogen-bond donors (Lipinski definition) is 0. The molecule has 0 saturated carbocycles. The molecular formula is C2HBrSi. The molecule has 0 unspecified atom stereocenters. The summed E-state index contributed by atoms with van der Waals surface area (Å²) in [5, 5.41) is 0. The summed E-state index contributed by atoms with van der Waals surface area (Å²) in [5.41, 5.74) is 2.15. The van der Waals surface area contributed by atoms with Crippen LogP contribution in [0.25, 0.3) is 0 Å². The van der Waals surface area contributed by atoms with Gasteiger partial charge in [-0.2, -0.15) is 0 Å². The third-order valence-electron chi connectivity index (χ3n) is 0.253. The standard InChI is InChI=1S/C2HBrSi/c3-2-1-4-2/h1H. The predicted octanol–water partition coefficient (Wildman–Crippen LogP) is 0.898. The molecule has 0 atom stereocenters. The Morgan fingerprint density at radius 2 is 2.25 bits per heavy atom. The van der Waals surface area contributed by atoms with E-state index in [4.69, 9.17) is 0 Å². The van der Waals surface area contributed by atoms with Crippen LogP contribution in [0.2, 0.25) is 0 Å². The lowest BCUT2D eigenvalue weighted by atomic mass is 11.3. The van der Waals surface area contributed by atoms with E-state index in [9.17, 15) is 0 Å². The molecule has 4 heavy (non-hydrogen) atoms. The third-order valence-corrected chi connectivity index (χ3v) is 2.13. The van der Waals surface area contributed by atoms with Crippen molar-refractivity contribution < 1.29 is 0 Å². The van der Waals surface area contributed by atoms with Crippen LogP contribution in [0.15, 0.2) is 9.80 Å². The molecule has 2 radical (unpaired) electrons. The molecule has 0 amide bonds. The highest BCUT2D eigenvalue weighted by molar-refractivity contribution is 9.12. The van der Waals surface area contributed by atoms with Gasteiger partial charge in [-0.15, -0.1) is 0 Å². The highest BCUT2D eigenvalue weighted by Crippen LogP contribution is 2.12. The van der Waals surface area contributed by atoms with E-state index >= 15 is 0 Å². The summed E-state index contributed by atoms with van der Waals surface area (Å²) in [6.45, 7) is 0. The van der Waals surface area contributed by atoms with Gasteiger partial charge >= 0.3 is 0 Å². The first-order valence-electron chi connectivity index (χ1n) is 1.02. The van der Waals surface area contributed by atoms with Crippen LogP contribution in [0.4, 0.5) is 0 Å². The average molecular weight is 133 g/mol. The van der Waals surface area contributed by atoms with Crippen LogP contribution < -0.4 is 0 Å². The fourth-order valence-electron chi connectivity index (χ4n) is 0.0273. The Balaban J connectivity index is 2.54. The maximum atomic E-state index is 3.26. The summed E-state index contributed by atoms with van der Waals surface area (Å²) in [6.07, 6.45) is 0. The van der Waals surface area contributed by atoms with E-state index in [1.54, 1.807) is 0 Å². The van der Waals surface area contributed by atoms with Crippen LogP contribution >= 0.6 is 15.9 Å². The highest BCUT2D eigenvalue weighted by Gasteiger charge is 1.99. The van der Waals surface area contributed by atoms with Gasteiger partial charge < -0.3 is 0 Å². The number of halogens is 1. The van der Waals surface area contributed by atoms with Crippen LogP contribution in [0.5, 0.6) is 0 Å². The van der Waals surface area contributed by atoms with Crippen LogP contribution in [0, 0.1) is 0 Å². The Morgan fingerprint density at radius 1 is 2.00 bits per heavy atom. The molecule has 0 aromatic carbocycles. The van der Waals surface area contributed by atoms with Crippen molar-refractivity contribution in [3.8, 4) is 0 Å². The lowest BCUT2D eigenvalue weighted by molar-refractivity contribution is 2.72. The van der Waals surface area contributed by atoms with Crippen molar-refractivity contribution in [2.75, 3.05) is 0 Å². The van der Waals surface area contributed by atoms with E-state index in [2.05, 4.69) is 21.6 Å². The smallest absolute Gasteiger partial charge is 0.0869 e. The molecule has 2 heteroatoms. The van der Waals surface area contributed by atoms with Gasteiger partial charge in [-0.05, 0) is 4.11 Å². The first kappa shape index (κ1) is 2.66. The Morgan fingerprint density at radius 3 is 2.25 bits per heavy atom. The van der Waals surface area contributed by atoms with Gasteiger partial charge in [0.25, 0.3) is 0 Å². The van der Waals surface area contributed by atoms with Crippen LogP contribution in [-0.2, 0) is 0 Å². The Bertz CT molecular complexity index is 57.1. The molecule has 1 heterocycles. The molecule has 0 bridgehead atoms. The van der Waals surface area contributed by atoms with Gasteiger partial charge in [0.05, 0.1) is 0 Å². The minimum atomic E-state index is 1.02. The highest BCUT2D eigenvalue weighted by atomic mass is 79.9. The van der Waals surface area contributed by atoms with Crippen LogP contribution in [0.1, 0.15) is 0 Å². The topological polar surface area (TPSA) is 0 Å².